The van der Waals surface area contributed by atoms with Crippen LogP contribution in [-0.2, 0) is 4.79 Å². The van der Waals surface area contributed by atoms with Gasteiger partial charge in [0.05, 0.1) is 0 Å². The van der Waals surface area contributed by atoms with E-state index in [1.54, 1.807) is 0 Å². The standard InChI is InChI=1S/C3H5BrO/c4-2-1-3-5/h3H,1-2H2. The minimum atomic E-state index is 0.625. The van der Waals surface area contributed by atoms with Crippen LogP contribution in [0, 0.1) is 0 Å². The highest BCUT2D eigenvalue weighted by Crippen LogP contribution is 1.79. The average molecular weight is 137 g/mol. The predicted octanol–water partition coefficient (Wildman–Crippen LogP) is 0.970. The van der Waals surface area contributed by atoms with Gasteiger partial charge in [-0.2, -0.15) is 0 Å². The van der Waals surface area contributed by atoms with Gasteiger partial charge in [-0.1, -0.05) is 15.9 Å². The van der Waals surface area contributed by atoms with E-state index >= 15 is 0 Å². The molecule has 0 aliphatic rings. The highest BCUT2D eigenvalue weighted by molar-refractivity contribution is 9.09. The van der Waals surface area contributed by atoms with Crippen LogP contribution in [-0.4, -0.2) is 11.6 Å². The second-order valence-electron chi connectivity index (χ2n) is 0.644. The van der Waals surface area contributed by atoms with Crippen molar-refractivity contribution in [3.8, 4) is 0 Å². The van der Waals surface area contributed by atoms with Gasteiger partial charge in [-0.05, 0) is 0 Å². The Labute approximate surface area is 39.5 Å². The molecule has 0 aliphatic heterocycles. The molecule has 0 aromatic rings. The second kappa shape index (κ2) is 4.15. The number of rotatable bonds is 2. The van der Waals surface area contributed by atoms with Crippen LogP contribution in [0.5, 0.6) is 0 Å². The summed E-state index contributed by atoms with van der Waals surface area (Å²) >= 11 is 3.08. The molecule has 30 valence electrons. The summed E-state index contributed by atoms with van der Waals surface area (Å²) in [6.07, 6.45) is 1.51. The zero-order valence-corrected chi connectivity index (χ0v) is 4.36. The number of halogens is 1. The average Bonchev–Trinajstić information content (AvgIpc) is 1.41. The molecule has 0 aromatic heterocycles. The van der Waals surface area contributed by atoms with E-state index in [1.165, 1.54) is 0 Å². The summed E-state index contributed by atoms with van der Waals surface area (Å²) in [5, 5.41) is 0.788. The van der Waals surface area contributed by atoms with Crippen molar-refractivity contribution in [1.82, 2.24) is 0 Å². The second-order valence-corrected chi connectivity index (χ2v) is 1.44. The quantitative estimate of drug-likeness (QED) is 0.409. The maximum absolute atomic E-state index is 9.37. The van der Waals surface area contributed by atoms with E-state index in [9.17, 15) is 4.79 Å². The van der Waals surface area contributed by atoms with Crippen molar-refractivity contribution < 1.29 is 4.79 Å². The molecule has 0 radical (unpaired) electrons. The number of hydrogen-bond donors (Lipinski definition) is 0. The first kappa shape index (κ1) is 5.15. The summed E-state index contributed by atoms with van der Waals surface area (Å²) in [4.78, 5) is 9.37. The Morgan fingerprint density at radius 3 is 2.40 bits per heavy atom. The van der Waals surface area contributed by atoms with Crippen LogP contribution < -0.4 is 0 Å². The Hall–Kier alpha value is 0.150. The van der Waals surface area contributed by atoms with Gasteiger partial charge in [0.2, 0.25) is 0 Å². The third kappa shape index (κ3) is 4.15. The zero-order chi connectivity index (χ0) is 4.12. The fraction of sp³-hybridized carbons (Fsp3) is 0.667. The molecule has 0 N–H and O–H groups in total. The van der Waals surface area contributed by atoms with Crippen molar-refractivity contribution in [3.63, 3.8) is 0 Å². The molecule has 2 heteroatoms. The van der Waals surface area contributed by atoms with E-state index < -0.39 is 0 Å². The summed E-state index contributed by atoms with van der Waals surface area (Å²) in [6, 6.07) is 0. The van der Waals surface area contributed by atoms with Gasteiger partial charge < -0.3 is 4.79 Å². The van der Waals surface area contributed by atoms with E-state index in [4.69, 9.17) is 0 Å². The maximum Gasteiger partial charge on any atom is 0.120 e. The molecule has 0 spiro atoms. The topological polar surface area (TPSA) is 17.1 Å². The number of hydrogen-bond acceptors (Lipinski definition) is 1. The van der Waals surface area contributed by atoms with Crippen LogP contribution in [0.25, 0.3) is 0 Å². The molecular weight excluding hydrogens is 132 g/mol. The van der Waals surface area contributed by atoms with E-state index in [1.807, 2.05) is 0 Å². The van der Waals surface area contributed by atoms with Crippen LogP contribution in [0.2, 0.25) is 0 Å². The normalized spacial score (nSPS) is 7.40. The molecule has 0 aliphatic carbocycles. The molecule has 0 saturated carbocycles. The number of alkyl halides is 1. The molecule has 0 rings (SSSR count). The summed E-state index contributed by atoms with van der Waals surface area (Å²) in [5.41, 5.74) is 0. The largest absolute Gasteiger partial charge is 0.303 e. The summed E-state index contributed by atoms with van der Waals surface area (Å²) in [6.45, 7) is 0. The molecule has 0 bridgehead atoms. The van der Waals surface area contributed by atoms with Gasteiger partial charge >= 0.3 is 0 Å². The first-order valence-electron chi connectivity index (χ1n) is 1.41. The first-order chi connectivity index (χ1) is 2.41. The molecule has 1 nitrogen and oxygen atoms in total. The predicted molar refractivity (Wildman–Crippen MR) is 24.5 cm³/mol. The Bertz CT molecular complexity index is 28.1. The Balaban J connectivity index is 2.40. The van der Waals surface area contributed by atoms with Crippen molar-refractivity contribution in [2.45, 2.75) is 6.42 Å². The van der Waals surface area contributed by atoms with Gasteiger partial charge in [-0.15, -0.1) is 0 Å². The molecule has 0 unspecified atom stereocenters. The van der Waals surface area contributed by atoms with Crippen molar-refractivity contribution in [3.05, 3.63) is 0 Å². The van der Waals surface area contributed by atoms with E-state index in [-0.39, 0.29) is 0 Å². The highest BCUT2D eigenvalue weighted by atomic mass is 79.9. The summed E-state index contributed by atoms with van der Waals surface area (Å²) in [5.74, 6) is 0. The minimum Gasteiger partial charge on any atom is -0.303 e. The zero-order valence-electron chi connectivity index (χ0n) is 2.78. The lowest BCUT2D eigenvalue weighted by Gasteiger charge is -1.66. The van der Waals surface area contributed by atoms with Gasteiger partial charge in [0, 0.05) is 11.8 Å². The van der Waals surface area contributed by atoms with Gasteiger partial charge in [0.15, 0.2) is 0 Å². The number of aldehydes is 1. The van der Waals surface area contributed by atoms with Crippen molar-refractivity contribution in [2.24, 2.45) is 0 Å². The van der Waals surface area contributed by atoms with Gasteiger partial charge in [0.25, 0.3) is 0 Å². The summed E-state index contributed by atoms with van der Waals surface area (Å²) < 4.78 is 0. The lowest BCUT2D eigenvalue weighted by molar-refractivity contribution is -0.107. The van der Waals surface area contributed by atoms with Crippen LogP contribution >= 0.6 is 15.9 Å². The molecular formula is C3H5BrO. The summed E-state index contributed by atoms with van der Waals surface area (Å²) in [7, 11) is 0. The van der Waals surface area contributed by atoms with Gasteiger partial charge in [0.1, 0.15) is 6.29 Å². The molecule has 0 saturated heterocycles. The van der Waals surface area contributed by atoms with Crippen LogP contribution in [0.4, 0.5) is 0 Å². The first-order valence-corrected chi connectivity index (χ1v) is 2.53. The van der Waals surface area contributed by atoms with Crippen LogP contribution in [0.3, 0.4) is 0 Å². The SMILES string of the molecule is O=CCCBr. The lowest BCUT2D eigenvalue weighted by Crippen LogP contribution is -1.69. The fourth-order valence-corrected chi connectivity index (χ4v) is 0.231. The molecule has 0 atom stereocenters. The van der Waals surface area contributed by atoms with Crippen LogP contribution in [0.15, 0.2) is 0 Å². The van der Waals surface area contributed by atoms with E-state index in [0.717, 1.165) is 11.6 Å². The van der Waals surface area contributed by atoms with Gasteiger partial charge in [-0.25, -0.2) is 0 Å². The Morgan fingerprint density at radius 1 is 1.80 bits per heavy atom. The third-order valence-electron chi connectivity index (χ3n) is 0.227. The molecule has 5 heavy (non-hydrogen) atoms. The Kier molecular flexibility index (Phi) is 4.27. The maximum atomic E-state index is 9.37. The monoisotopic (exact) mass is 136 g/mol. The van der Waals surface area contributed by atoms with Crippen molar-refractivity contribution in [2.75, 3.05) is 5.33 Å². The minimum absolute atomic E-state index is 0.625. The van der Waals surface area contributed by atoms with Gasteiger partial charge in [-0.3, -0.25) is 0 Å². The highest BCUT2D eigenvalue weighted by Gasteiger charge is 1.68. The van der Waals surface area contributed by atoms with E-state index in [0.29, 0.717) is 6.42 Å². The van der Waals surface area contributed by atoms with Crippen molar-refractivity contribution in [1.29, 1.82) is 0 Å². The Morgan fingerprint density at radius 2 is 2.40 bits per heavy atom. The molecule has 0 amide bonds. The molecule has 0 heterocycles. The molecule has 0 aromatic carbocycles. The van der Waals surface area contributed by atoms with Crippen molar-refractivity contribution >= 4 is 22.2 Å². The number of carbonyl (C=O) groups excluding carboxylic acids is 1. The van der Waals surface area contributed by atoms with E-state index in [2.05, 4.69) is 15.9 Å². The van der Waals surface area contributed by atoms with Crippen LogP contribution in [0.1, 0.15) is 6.42 Å². The number of carbonyl (C=O) groups is 1. The third-order valence-corrected chi connectivity index (χ3v) is 0.685. The molecule has 0 fully saturated rings. The lowest BCUT2D eigenvalue weighted by atomic mass is 10.6. The fourth-order valence-electron chi connectivity index (χ4n) is 0.0445. The smallest absolute Gasteiger partial charge is 0.120 e.